The van der Waals surface area contributed by atoms with Crippen LogP contribution in [0.15, 0.2) is 22.5 Å². The van der Waals surface area contributed by atoms with Gasteiger partial charge in [0.15, 0.2) is 0 Å². The van der Waals surface area contributed by atoms with Gasteiger partial charge in [0.05, 0.1) is 12.5 Å². The zero-order chi connectivity index (χ0) is 10.7. The van der Waals surface area contributed by atoms with E-state index >= 15 is 0 Å². The van der Waals surface area contributed by atoms with Crippen LogP contribution in [0, 0.1) is 0 Å². The van der Waals surface area contributed by atoms with Gasteiger partial charge in [-0.2, -0.15) is 0 Å². The van der Waals surface area contributed by atoms with Gasteiger partial charge in [0.2, 0.25) is 0 Å². The van der Waals surface area contributed by atoms with Crippen LogP contribution in [-0.2, 0) is 11.2 Å². The summed E-state index contributed by atoms with van der Waals surface area (Å²) < 4.78 is 11.0. The molecule has 15 heavy (non-hydrogen) atoms. The normalized spacial score (nSPS) is 23.7. The minimum absolute atomic E-state index is 0.616. The Morgan fingerprint density at radius 3 is 3.00 bits per heavy atom. The van der Waals surface area contributed by atoms with Crippen molar-refractivity contribution in [1.29, 1.82) is 0 Å². The Balaban J connectivity index is 2.52. The molecule has 0 aromatic carbocycles. The van der Waals surface area contributed by atoms with Crippen molar-refractivity contribution in [2.75, 3.05) is 6.61 Å². The zero-order valence-electron chi connectivity index (χ0n) is 9.25. The molecule has 80 valence electrons. The van der Waals surface area contributed by atoms with Gasteiger partial charge in [-0.1, -0.05) is 6.92 Å². The second-order valence-corrected chi connectivity index (χ2v) is 3.80. The molecule has 0 fully saturated rings. The van der Waals surface area contributed by atoms with E-state index in [2.05, 4.69) is 26.0 Å². The van der Waals surface area contributed by atoms with Gasteiger partial charge >= 0.3 is 0 Å². The lowest BCUT2D eigenvalue weighted by molar-refractivity contribution is 0.296. The van der Waals surface area contributed by atoms with Crippen LogP contribution < -0.4 is 10.6 Å². The first-order valence-electron chi connectivity index (χ1n) is 5.35. The maximum atomic E-state index is 5.55. The van der Waals surface area contributed by atoms with Crippen molar-refractivity contribution >= 4 is 12.2 Å². The van der Waals surface area contributed by atoms with Gasteiger partial charge in [-0.25, -0.2) is 0 Å². The summed E-state index contributed by atoms with van der Waals surface area (Å²) in [6, 6.07) is 0. The second kappa shape index (κ2) is 4.39. The lowest BCUT2D eigenvalue weighted by atomic mass is 10.2. The molecule has 2 nitrogen and oxygen atoms in total. The third kappa shape index (κ3) is 2.14. The molecule has 0 bridgehead atoms. The van der Waals surface area contributed by atoms with Crippen LogP contribution in [0.3, 0.4) is 0 Å². The quantitative estimate of drug-likeness (QED) is 0.695. The summed E-state index contributed by atoms with van der Waals surface area (Å²) >= 11 is 0. The van der Waals surface area contributed by atoms with Gasteiger partial charge in [-0.15, -0.1) is 0 Å². The molecule has 2 rings (SSSR count). The van der Waals surface area contributed by atoms with E-state index in [1.807, 2.05) is 12.5 Å². The Bertz CT molecular complexity index is 477. The van der Waals surface area contributed by atoms with Crippen molar-refractivity contribution in [3.63, 3.8) is 0 Å². The number of furan rings is 1. The molecular formula is C13H16O2. The molecule has 0 unspecified atom stereocenters. The summed E-state index contributed by atoms with van der Waals surface area (Å²) in [5.74, 6) is 0. The molecule has 0 N–H and O–H groups in total. The summed E-state index contributed by atoms with van der Waals surface area (Å²) in [5.41, 5.74) is 3.44. The van der Waals surface area contributed by atoms with Crippen molar-refractivity contribution in [3.8, 4) is 0 Å². The van der Waals surface area contributed by atoms with E-state index in [-0.39, 0.29) is 0 Å². The first kappa shape index (κ1) is 10.1. The predicted octanol–water partition coefficient (Wildman–Crippen LogP) is 1.73. The van der Waals surface area contributed by atoms with Crippen LogP contribution in [-0.4, -0.2) is 6.61 Å². The summed E-state index contributed by atoms with van der Waals surface area (Å²) in [7, 11) is 0. The summed E-state index contributed by atoms with van der Waals surface area (Å²) in [4.78, 5) is 0. The molecule has 0 saturated carbocycles. The first-order valence-corrected chi connectivity index (χ1v) is 5.35. The fraction of sp³-hybridized carbons (Fsp3) is 0.385. The van der Waals surface area contributed by atoms with E-state index in [1.54, 1.807) is 0 Å². The van der Waals surface area contributed by atoms with E-state index in [4.69, 9.17) is 9.15 Å². The molecule has 1 aromatic rings. The monoisotopic (exact) mass is 204 g/mol. The van der Waals surface area contributed by atoms with Crippen LogP contribution >= 0.6 is 0 Å². The van der Waals surface area contributed by atoms with Crippen LogP contribution in [0.25, 0.3) is 12.2 Å². The second-order valence-electron chi connectivity index (χ2n) is 3.80. The topological polar surface area (TPSA) is 22.4 Å². The van der Waals surface area contributed by atoms with Crippen molar-refractivity contribution in [1.82, 2.24) is 0 Å². The fourth-order valence-corrected chi connectivity index (χ4v) is 1.71. The van der Waals surface area contributed by atoms with E-state index < -0.39 is 0 Å². The number of fused-ring (bicyclic) bond motifs is 1. The SMILES string of the molecule is CCc1coc2/c1=C\CO/C=C(/C)C\C=2. The van der Waals surface area contributed by atoms with Crippen LogP contribution in [0.5, 0.6) is 0 Å². The highest BCUT2D eigenvalue weighted by Gasteiger charge is 2.00. The Kier molecular flexibility index (Phi) is 2.95. The van der Waals surface area contributed by atoms with Crippen molar-refractivity contribution in [3.05, 3.63) is 34.3 Å². The standard InChI is InChI=1S/C13H16O2/c1-3-11-9-15-13-5-4-10(2)8-14-7-6-12(11)13/h5-6,8-9H,3-4,7H2,1-2H3/b10-8-,12-6-,13-5+. The summed E-state index contributed by atoms with van der Waals surface area (Å²) in [5, 5.41) is 1.20. The highest BCUT2D eigenvalue weighted by molar-refractivity contribution is 5.35. The van der Waals surface area contributed by atoms with Crippen molar-refractivity contribution in [2.24, 2.45) is 0 Å². The predicted molar refractivity (Wildman–Crippen MR) is 60.6 cm³/mol. The highest BCUT2D eigenvalue weighted by atomic mass is 16.5. The van der Waals surface area contributed by atoms with Gasteiger partial charge in [-0.3, -0.25) is 0 Å². The van der Waals surface area contributed by atoms with Crippen LogP contribution in [0.1, 0.15) is 25.8 Å². The third-order valence-corrected chi connectivity index (χ3v) is 2.60. The Hall–Kier alpha value is -1.44. The number of allylic oxidation sites excluding steroid dienone is 1. The minimum Gasteiger partial charge on any atom is -0.497 e. The van der Waals surface area contributed by atoms with E-state index in [0.717, 1.165) is 18.3 Å². The molecule has 0 atom stereocenters. The van der Waals surface area contributed by atoms with E-state index in [0.29, 0.717) is 6.61 Å². The minimum atomic E-state index is 0.616. The third-order valence-electron chi connectivity index (χ3n) is 2.60. The summed E-state index contributed by atoms with van der Waals surface area (Å²) in [6.45, 7) is 4.81. The Morgan fingerprint density at radius 1 is 1.33 bits per heavy atom. The molecule has 0 spiro atoms. The average molecular weight is 204 g/mol. The molecule has 0 radical (unpaired) electrons. The van der Waals surface area contributed by atoms with E-state index in [1.165, 1.54) is 16.4 Å². The van der Waals surface area contributed by atoms with Crippen LogP contribution in [0.4, 0.5) is 0 Å². The first-order chi connectivity index (χ1) is 7.31. The highest BCUT2D eigenvalue weighted by Crippen LogP contribution is 2.02. The maximum Gasteiger partial charge on any atom is 0.130 e. The zero-order valence-corrected chi connectivity index (χ0v) is 9.25. The molecule has 0 amide bonds. The van der Waals surface area contributed by atoms with Crippen molar-refractivity contribution in [2.45, 2.75) is 26.7 Å². The maximum absolute atomic E-state index is 5.55. The number of aryl methyl sites for hydroxylation is 1. The fourth-order valence-electron chi connectivity index (χ4n) is 1.71. The molecular weight excluding hydrogens is 188 g/mol. The number of hydrogen-bond acceptors (Lipinski definition) is 2. The smallest absolute Gasteiger partial charge is 0.130 e. The van der Waals surface area contributed by atoms with Gasteiger partial charge in [0.1, 0.15) is 12.0 Å². The molecule has 0 saturated heterocycles. The molecule has 0 aliphatic carbocycles. The van der Waals surface area contributed by atoms with Gasteiger partial charge in [-0.05, 0) is 43.1 Å². The Morgan fingerprint density at radius 2 is 2.20 bits per heavy atom. The number of rotatable bonds is 1. The van der Waals surface area contributed by atoms with E-state index in [9.17, 15) is 0 Å². The molecule has 2 heteroatoms. The van der Waals surface area contributed by atoms with Crippen LogP contribution in [0.2, 0.25) is 0 Å². The molecule has 2 heterocycles. The molecule has 1 aliphatic rings. The van der Waals surface area contributed by atoms with Gasteiger partial charge in [0.25, 0.3) is 0 Å². The van der Waals surface area contributed by atoms with Gasteiger partial charge in [0, 0.05) is 5.22 Å². The molecule has 1 aliphatic heterocycles. The average Bonchev–Trinajstić information content (AvgIpc) is 2.65. The number of hydrogen-bond donors (Lipinski definition) is 0. The largest absolute Gasteiger partial charge is 0.497 e. The lowest BCUT2D eigenvalue weighted by Gasteiger charge is -1.96. The lowest BCUT2D eigenvalue weighted by Crippen LogP contribution is -2.23. The number of ether oxygens (including phenoxy) is 1. The molecule has 1 aromatic heterocycles. The Labute approximate surface area is 89.5 Å². The summed E-state index contributed by atoms with van der Waals surface area (Å²) in [6.07, 6.45) is 9.75. The van der Waals surface area contributed by atoms with Crippen molar-refractivity contribution < 1.29 is 9.15 Å². The van der Waals surface area contributed by atoms with Gasteiger partial charge < -0.3 is 9.15 Å².